The number of benzene rings is 1. The standard InChI is InChI=1S/C13H14BrNS/c1-2-9-3-5-10(6-4-9)13(15)11-7-8-12(14)16-11/h3-8,13H,2,15H2,1H3. The molecule has 2 rings (SSSR count). The zero-order valence-corrected chi connectivity index (χ0v) is 11.5. The molecule has 0 fully saturated rings. The van der Waals surface area contributed by atoms with Gasteiger partial charge in [-0.15, -0.1) is 11.3 Å². The minimum atomic E-state index is -0.0118. The summed E-state index contributed by atoms with van der Waals surface area (Å²) in [5.41, 5.74) is 8.73. The highest BCUT2D eigenvalue weighted by atomic mass is 79.9. The van der Waals surface area contributed by atoms with E-state index in [0.29, 0.717) is 0 Å². The van der Waals surface area contributed by atoms with E-state index in [1.165, 1.54) is 16.0 Å². The second-order valence-corrected chi connectivity index (χ2v) is 6.21. The van der Waals surface area contributed by atoms with Crippen molar-refractivity contribution in [3.63, 3.8) is 0 Å². The molecule has 0 aliphatic heterocycles. The molecule has 3 heteroatoms. The van der Waals surface area contributed by atoms with Crippen molar-refractivity contribution >= 4 is 27.3 Å². The van der Waals surface area contributed by atoms with Gasteiger partial charge in [0.2, 0.25) is 0 Å². The minimum Gasteiger partial charge on any atom is -0.320 e. The Balaban J connectivity index is 2.23. The van der Waals surface area contributed by atoms with Crippen molar-refractivity contribution in [1.82, 2.24) is 0 Å². The molecule has 16 heavy (non-hydrogen) atoms. The van der Waals surface area contributed by atoms with Crippen LogP contribution in [0.4, 0.5) is 0 Å². The molecule has 0 aliphatic rings. The molecule has 2 N–H and O–H groups in total. The van der Waals surface area contributed by atoms with Gasteiger partial charge in [-0.25, -0.2) is 0 Å². The summed E-state index contributed by atoms with van der Waals surface area (Å²) in [6, 6.07) is 12.7. The maximum atomic E-state index is 6.21. The predicted octanol–water partition coefficient (Wildman–Crippen LogP) is 4.12. The van der Waals surface area contributed by atoms with E-state index in [-0.39, 0.29) is 6.04 Å². The summed E-state index contributed by atoms with van der Waals surface area (Å²) < 4.78 is 1.13. The molecule has 0 saturated carbocycles. The maximum absolute atomic E-state index is 6.21. The first-order valence-corrected chi connectivity index (χ1v) is 6.91. The fourth-order valence-electron chi connectivity index (χ4n) is 1.62. The van der Waals surface area contributed by atoms with Crippen LogP contribution in [-0.2, 0) is 6.42 Å². The molecular formula is C13H14BrNS. The van der Waals surface area contributed by atoms with Gasteiger partial charge in [-0.3, -0.25) is 0 Å². The van der Waals surface area contributed by atoms with E-state index in [9.17, 15) is 0 Å². The summed E-state index contributed by atoms with van der Waals surface area (Å²) in [7, 11) is 0. The number of aryl methyl sites for hydroxylation is 1. The van der Waals surface area contributed by atoms with Crippen molar-refractivity contribution in [2.45, 2.75) is 19.4 Å². The van der Waals surface area contributed by atoms with Gasteiger partial charge in [-0.1, -0.05) is 31.2 Å². The third-order valence-electron chi connectivity index (χ3n) is 2.65. The molecule has 0 spiro atoms. The number of thiophene rings is 1. The lowest BCUT2D eigenvalue weighted by Gasteiger charge is -2.10. The average Bonchev–Trinajstić information content (AvgIpc) is 2.75. The van der Waals surface area contributed by atoms with Gasteiger partial charge in [0.15, 0.2) is 0 Å². The van der Waals surface area contributed by atoms with Crippen LogP contribution in [0.1, 0.15) is 29.0 Å². The summed E-state index contributed by atoms with van der Waals surface area (Å²) in [5, 5.41) is 0. The van der Waals surface area contributed by atoms with Crippen LogP contribution in [0.3, 0.4) is 0 Å². The lowest BCUT2D eigenvalue weighted by molar-refractivity contribution is 0.891. The monoisotopic (exact) mass is 295 g/mol. The second kappa shape index (κ2) is 5.13. The summed E-state index contributed by atoms with van der Waals surface area (Å²) in [6.07, 6.45) is 1.07. The van der Waals surface area contributed by atoms with Crippen LogP contribution in [0, 0.1) is 0 Å². The van der Waals surface area contributed by atoms with Crippen molar-refractivity contribution in [2.75, 3.05) is 0 Å². The molecular weight excluding hydrogens is 282 g/mol. The van der Waals surface area contributed by atoms with Gasteiger partial charge in [-0.05, 0) is 45.6 Å². The molecule has 0 bridgehead atoms. The SMILES string of the molecule is CCc1ccc(C(N)c2ccc(Br)s2)cc1. The maximum Gasteiger partial charge on any atom is 0.0702 e. The molecule has 0 saturated heterocycles. The van der Waals surface area contributed by atoms with Crippen LogP contribution in [0.2, 0.25) is 0 Å². The van der Waals surface area contributed by atoms with Crippen LogP contribution in [0.5, 0.6) is 0 Å². The lowest BCUT2D eigenvalue weighted by Crippen LogP contribution is -2.09. The van der Waals surface area contributed by atoms with Crippen LogP contribution in [0.25, 0.3) is 0 Å². The van der Waals surface area contributed by atoms with Gasteiger partial charge < -0.3 is 5.73 Å². The van der Waals surface area contributed by atoms with E-state index in [4.69, 9.17) is 5.73 Å². The highest BCUT2D eigenvalue weighted by Gasteiger charge is 2.10. The van der Waals surface area contributed by atoms with Crippen LogP contribution < -0.4 is 5.73 Å². The Bertz CT molecular complexity index is 461. The van der Waals surface area contributed by atoms with E-state index in [1.807, 2.05) is 6.07 Å². The Morgan fingerprint density at radius 2 is 1.88 bits per heavy atom. The quantitative estimate of drug-likeness (QED) is 0.906. The Kier molecular flexibility index (Phi) is 3.79. The van der Waals surface area contributed by atoms with Gasteiger partial charge in [0.05, 0.1) is 9.83 Å². The molecule has 84 valence electrons. The van der Waals surface area contributed by atoms with Crippen LogP contribution in [-0.4, -0.2) is 0 Å². The predicted molar refractivity (Wildman–Crippen MR) is 73.9 cm³/mol. The van der Waals surface area contributed by atoms with Crippen molar-refractivity contribution in [2.24, 2.45) is 5.73 Å². The molecule has 1 aromatic heterocycles. The van der Waals surface area contributed by atoms with Crippen molar-refractivity contribution in [3.8, 4) is 0 Å². The first kappa shape index (κ1) is 11.8. The van der Waals surface area contributed by atoms with Gasteiger partial charge >= 0.3 is 0 Å². The summed E-state index contributed by atoms with van der Waals surface area (Å²) in [6.45, 7) is 2.16. The van der Waals surface area contributed by atoms with E-state index in [1.54, 1.807) is 11.3 Å². The van der Waals surface area contributed by atoms with Gasteiger partial charge in [-0.2, -0.15) is 0 Å². The fourth-order valence-corrected chi connectivity index (χ4v) is 3.07. The third kappa shape index (κ3) is 2.54. The molecule has 1 atom stereocenters. The highest BCUT2D eigenvalue weighted by Crippen LogP contribution is 2.29. The fraction of sp³-hybridized carbons (Fsp3) is 0.231. The van der Waals surface area contributed by atoms with Gasteiger partial charge in [0.25, 0.3) is 0 Å². The Morgan fingerprint density at radius 3 is 2.38 bits per heavy atom. The van der Waals surface area contributed by atoms with E-state index < -0.39 is 0 Å². The van der Waals surface area contributed by atoms with Crippen LogP contribution >= 0.6 is 27.3 Å². The number of hydrogen-bond donors (Lipinski definition) is 1. The number of halogens is 1. The summed E-state index contributed by atoms with van der Waals surface area (Å²) in [4.78, 5) is 1.19. The number of rotatable bonds is 3. The smallest absolute Gasteiger partial charge is 0.0702 e. The third-order valence-corrected chi connectivity index (χ3v) is 4.35. The van der Waals surface area contributed by atoms with Crippen molar-refractivity contribution in [3.05, 3.63) is 56.2 Å². The molecule has 1 nitrogen and oxygen atoms in total. The van der Waals surface area contributed by atoms with Crippen LogP contribution in [0.15, 0.2) is 40.2 Å². The topological polar surface area (TPSA) is 26.0 Å². The van der Waals surface area contributed by atoms with Crippen molar-refractivity contribution in [1.29, 1.82) is 0 Å². The molecule has 0 radical (unpaired) electrons. The summed E-state index contributed by atoms with van der Waals surface area (Å²) in [5.74, 6) is 0. The Labute approximate surface area is 108 Å². The van der Waals surface area contributed by atoms with Gasteiger partial charge in [0, 0.05) is 4.88 Å². The average molecular weight is 296 g/mol. The largest absolute Gasteiger partial charge is 0.320 e. The molecule has 1 heterocycles. The zero-order chi connectivity index (χ0) is 11.5. The second-order valence-electron chi connectivity index (χ2n) is 3.71. The van der Waals surface area contributed by atoms with E-state index in [2.05, 4.69) is 53.2 Å². The first-order chi connectivity index (χ1) is 7.70. The Hall–Kier alpha value is -0.640. The molecule has 1 unspecified atom stereocenters. The molecule has 0 aliphatic carbocycles. The van der Waals surface area contributed by atoms with E-state index >= 15 is 0 Å². The zero-order valence-electron chi connectivity index (χ0n) is 9.11. The summed E-state index contributed by atoms with van der Waals surface area (Å²) >= 11 is 5.15. The number of nitrogens with two attached hydrogens (primary N) is 1. The van der Waals surface area contributed by atoms with E-state index in [0.717, 1.165) is 10.2 Å². The molecule has 0 amide bonds. The highest BCUT2D eigenvalue weighted by molar-refractivity contribution is 9.11. The first-order valence-electron chi connectivity index (χ1n) is 5.30. The minimum absolute atomic E-state index is 0.0118. The van der Waals surface area contributed by atoms with Crippen molar-refractivity contribution < 1.29 is 0 Å². The lowest BCUT2D eigenvalue weighted by atomic mass is 10.0. The molecule has 1 aromatic carbocycles. The Morgan fingerprint density at radius 1 is 1.19 bits per heavy atom. The molecule has 2 aromatic rings. The van der Waals surface area contributed by atoms with Gasteiger partial charge in [0.1, 0.15) is 0 Å². The number of hydrogen-bond acceptors (Lipinski definition) is 2. The normalized spacial score (nSPS) is 12.7.